The minimum atomic E-state index is 0.474. The normalized spacial score (nSPS) is 11.2. The third-order valence-electron chi connectivity index (χ3n) is 3.39. The molecule has 0 fully saturated rings. The number of benzene rings is 1. The Balaban J connectivity index is 1.89. The van der Waals surface area contributed by atoms with Gasteiger partial charge in [-0.15, -0.1) is 0 Å². The van der Waals surface area contributed by atoms with Crippen molar-refractivity contribution in [2.75, 3.05) is 27.3 Å². The zero-order chi connectivity index (χ0) is 17.2. The Morgan fingerprint density at radius 2 is 2.00 bits per heavy atom. The molecule has 0 bridgehead atoms. The van der Waals surface area contributed by atoms with E-state index in [1.54, 1.807) is 26.5 Å². The molecule has 0 spiro atoms. The third-order valence-corrected chi connectivity index (χ3v) is 3.39. The molecule has 0 radical (unpaired) electrons. The number of ether oxygens (including phenoxy) is 2. The van der Waals surface area contributed by atoms with Crippen LogP contribution in [0.15, 0.2) is 40.0 Å². The van der Waals surface area contributed by atoms with Gasteiger partial charge in [-0.3, -0.25) is 0 Å². The van der Waals surface area contributed by atoms with Gasteiger partial charge in [0, 0.05) is 19.2 Å². The molecule has 0 saturated heterocycles. The molecule has 1 aromatic heterocycles. The molecule has 24 heavy (non-hydrogen) atoms. The molecule has 7 heteroatoms. The lowest BCUT2D eigenvalue weighted by molar-refractivity contribution is 0.354. The summed E-state index contributed by atoms with van der Waals surface area (Å²) in [4.78, 5) is 4.48. The van der Waals surface area contributed by atoms with Crippen molar-refractivity contribution in [2.45, 2.75) is 19.9 Å². The first-order chi connectivity index (χ1) is 11.8. The van der Waals surface area contributed by atoms with Crippen molar-refractivity contribution in [3.05, 3.63) is 41.8 Å². The number of methoxy groups -OCH3 is 2. The molecule has 130 valence electrons. The monoisotopic (exact) mass is 332 g/mol. The van der Waals surface area contributed by atoms with E-state index in [-0.39, 0.29) is 0 Å². The first-order valence-electron chi connectivity index (χ1n) is 7.89. The Hall–Kier alpha value is -2.70. The predicted molar refractivity (Wildman–Crippen MR) is 92.6 cm³/mol. The number of guanidine groups is 1. The molecular formula is C17H24N4O3. The average molecular weight is 332 g/mol. The van der Waals surface area contributed by atoms with E-state index in [1.165, 1.54) is 0 Å². The van der Waals surface area contributed by atoms with Crippen LogP contribution >= 0.6 is 0 Å². The van der Waals surface area contributed by atoms with Gasteiger partial charge < -0.3 is 24.6 Å². The number of nitrogens with one attached hydrogen (secondary N) is 2. The van der Waals surface area contributed by atoms with Crippen LogP contribution < -0.4 is 20.1 Å². The lowest BCUT2D eigenvalue weighted by Crippen LogP contribution is -2.38. The molecule has 2 N–H and O–H groups in total. The second-order valence-corrected chi connectivity index (χ2v) is 5.05. The van der Waals surface area contributed by atoms with Crippen LogP contribution in [0.5, 0.6) is 11.5 Å². The van der Waals surface area contributed by atoms with Crippen molar-refractivity contribution in [3.63, 3.8) is 0 Å². The van der Waals surface area contributed by atoms with Crippen LogP contribution in [0.2, 0.25) is 0 Å². The smallest absolute Gasteiger partial charge is 0.191 e. The quantitative estimate of drug-likeness (QED) is 0.568. The molecular weight excluding hydrogens is 308 g/mol. The molecule has 7 nitrogen and oxygen atoms in total. The van der Waals surface area contributed by atoms with Crippen LogP contribution in [0.4, 0.5) is 0 Å². The predicted octanol–water partition coefficient (Wildman–Crippen LogP) is 1.99. The summed E-state index contributed by atoms with van der Waals surface area (Å²) in [5, 5.41) is 10.4. The van der Waals surface area contributed by atoms with Crippen molar-refractivity contribution in [2.24, 2.45) is 4.99 Å². The minimum absolute atomic E-state index is 0.474. The molecule has 0 unspecified atom stereocenters. The van der Waals surface area contributed by atoms with Crippen LogP contribution in [-0.2, 0) is 13.0 Å². The Kier molecular flexibility index (Phi) is 6.94. The molecule has 0 aliphatic carbocycles. The van der Waals surface area contributed by atoms with Gasteiger partial charge in [0.1, 0.15) is 12.0 Å². The summed E-state index contributed by atoms with van der Waals surface area (Å²) in [5.41, 5.74) is 1.96. The molecule has 0 atom stereocenters. The van der Waals surface area contributed by atoms with E-state index in [0.717, 1.165) is 48.2 Å². The van der Waals surface area contributed by atoms with E-state index >= 15 is 0 Å². The molecule has 1 heterocycles. The van der Waals surface area contributed by atoms with Gasteiger partial charge in [-0.1, -0.05) is 11.2 Å². The Labute approximate surface area is 142 Å². The summed E-state index contributed by atoms with van der Waals surface area (Å²) in [6, 6.07) is 7.73. The molecule has 0 amide bonds. The number of hydrogen-bond acceptors (Lipinski definition) is 5. The van der Waals surface area contributed by atoms with Crippen molar-refractivity contribution >= 4 is 5.96 Å². The highest BCUT2D eigenvalue weighted by Crippen LogP contribution is 2.27. The van der Waals surface area contributed by atoms with Crippen molar-refractivity contribution in [1.29, 1.82) is 0 Å². The zero-order valence-electron chi connectivity index (χ0n) is 14.3. The van der Waals surface area contributed by atoms with Gasteiger partial charge in [-0.05, 0) is 31.0 Å². The van der Waals surface area contributed by atoms with Crippen molar-refractivity contribution in [3.8, 4) is 11.5 Å². The van der Waals surface area contributed by atoms with Crippen LogP contribution in [0, 0.1) is 0 Å². The maximum Gasteiger partial charge on any atom is 0.191 e. The molecule has 2 rings (SSSR count). The number of rotatable bonds is 8. The van der Waals surface area contributed by atoms with Gasteiger partial charge in [-0.25, -0.2) is 4.99 Å². The highest BCUT2D eigenvalue weighted by Gasteiger charge is 2.05. The highest BCUT2D eigenvalue weighted by atomic mass is 16.5. The molecule has 1 aromatic carbocycles. The summed E-state index contributed by atoms with van der Waals surface area (Å²) in [6.45, 7) is 4.05. The fourth-order valence-electron chi connectivity index (χ4n) is 2.18. The van der Waals surface area contributed by atoms with Gasteiger partial charge in [-0.2, -0.15) is 0 Å². The van der Waals surface area contributed by atoms with E-state index in [2.05, 4.69) is 20.8 Å². The van der Waals surface area contributed by atoms with Crippen LogP contribution in [0.1, 0.15) is 18.2 Å². The summed E-state index contributed by atoms with van der Waals surface area (Å²) in [7, 11) is 3.27. The van der Waals surface area contributed by atoms with E-state index in [4.69, 9.17) is 14.0 Å². The van der Waals surface area contributed by atoms with E-state index in [0.29, 0.717) is 6.54 Å². The number of aromatic nitrogens is 1. The zero-order valence-corrected chi connectivity index (χ0v) is 14.3. The summed E-state index contributed by atoms with van der Waals surface area (Å²) in [6.07, 6.45) is 2.39. The SMILES string of the molecule is CCNC(=NCc1ccon1)NCCc1ccc(OC)c(OC)c1. The van der Waals surface area contributed by atoms with Gasteiger partial charge in [0.2, 0.25) is 0 Å². The summed E-state index contributed by atoms with van der Waals surface area (Å²) < 4.78 is 15.4. The standard InChI is InChI=1S/C17H24N4O3/c1-4-18-17(20-12-14-8-10-24-21-14)19-9-7-13-5-6-15(22-2)16(11-13)23-3/h5-6,8,10-11H,4,7,9,12H2,1-3H3,(H2,18,19,20). The molecule has 0 saturated carbocycles. The maximum atomic E-state index is 5.33. The minimum Gasteiger partial charge on any atom is -0.493 e. The van der Waals surface area contributed by atoms with Crippen molar-refractivity contribution in [1.82, 2.24) is 15.8 Å². The fraction of sp³-hybridized carbons (Fsp3) is 0.412. The fourth-order valence-corrected chi connectivity index (χ4v) is 2.18. The Bertz CT molecular complexity index is 641. The second kappa shape index (κ2) is 9.44. The van der Waals surface area contributed by atoms with Gasteiger partial charge in [0.15, 0.2) is 17.5 Å². The molecule has 2 aromatic rings. The summed E-state index contributed by atoms with van der Waals surface area (Å²) >= 11 is 0. The number of nitrogens with zero attached hydrogens (tertiary/aromatic N) is 2. The topological polar surface area (TPSA) is 80.9 Å². The maximum absolute atomic E-state index is 5.33. The van der Waals surface area contributed by atoms with Gasteiger partial charge in [0.05, 0.1) is 20.8 Å². The second-order valence-electron chi connectivity index (χ2n) is 5.05. The van der Waals surface area contributed by atoms with Crippen LogP contribution in [0.3, 0.4) is 0 Å². The van der Waals surface area contributed by atoms with E-state index in [9.17, 15) is 0 Å². The first-order valence-corrected chi connectivity index (χ1v) is 7.89. The lowest BCUT2D eigenvalue weighted by Gasteiger charge is -2.12. The van der Waals surface area contributed by atoms with Crippen LogP contribution in [-0.4, -0.2) is 38.4 Å². The number of hydrogen-bond donors (Lipinski definition) is 2. The Morgan fingerprint density at radius 3 is 2.67 bits per heavy atom. The lowest BCUT2D eigenvalue weighted by atomic mass is 10.1. The molecule has 0 aliphatic heterocycles. The molecule has 0 aliphatic rings. The van der Waals surface area contributed by atoms with Crippen LogP contribution in [0.25, 0.3) is 0 Å². The van der Waals surface area contributed by atoms with Crippen molar-refractivity contribution < 1.29 is 14.0 Å². The largest absolute Gasteiger partial charge is 0.493 e. The van der Waals surface area contributed by atoms with Gasteiger partial charge in [0.25, 0.3) is 0 Å². The van der Waals surface area contributed by atoms with E-state index < -0.39 is 0 Å². The van der Waals surface area contributed by atoms with Gasteiger partial charge >= 0.3 is 0 Å². The third kappa shape index (κ3) is 5.19. The first kappa shape index (κ1) is 17.7. The Morgan fingerprint density at radius 1 is 1.17 bits per heavy atom. The van der Waals surface area contributed by atoms with E-state index in [1.807, 2.05) is 25.1 Å². The summed E-state index contributed by atoms with van der Waals surface area (Å²) in [5.74, 6) is 2.22. The average Bonchev–Trinajstić information content (AvgIpc) is 3.13. The highest BCUT2D eigenvalue weighted by molar-refractivity contribution is 5.79. The number of aliphatic imine (C=N–C) groups is 1.